The minimum atomic E-state index is -3.41. The molecule has 1 saturated heterocycles. The Kier molecular flexibility index (Phi) is 4.72. The molecular weight excluding hydrogens is 360 g/mol. The van der Waals surface area contributed by atoms with Crippen molar-refractivity contribution in [3.05, 3.63) is 35.9 Å². The van der Waals surface area contributed by atoms with Gasteiger partial charge in [0.15, 0.2) is 0 Å². The van der Waals surface area contributed by atoms with Crippen LogP contribution in [0.5, 0.6) is 0 Å². The summed E-state index contributed by atoms with van der Waals surface area (Å²) in [5.41, 5.74) is 0.431. The second kappa shape index (κ2) is 6.68. The van der Waals surface area contributed by atoms with Gasteiger partial charge in [-0.1, -0.05) is 44.2 Å². The van der Waals surface area contributed by atoms with Crippen LogP contribution in [0.2, 0.25) is 0 Å². The number of carbonyl (C=O) groups excluding carboxylic acids is 1. The normalized spacial score (nSPS) is 31.5. The number of hydrogen-bond acceptors (Lipinski definition) is 3. The van der Waals surface area contributed by atoms with Crippen molar-refractivity contribution in [3.63, 3.8) is 0 Å². The number of nitrogens with zero attached hydrogens (tertiary/aromatic N) is 1. The molecule has 0 unspecified atom stereocenters. The predicted molar refractivity (Wildman–Crippen MR) is 105 cm³/mol. The van der Waals surface area contributed by atoms with Gasteiger partial charge in [-0.3, -0.25) is 4.79 Å². The highest BCUT2D eigenvalue weighted by atomic mass is 32.2. The maximum absolute atomic E-state index is 13.2. The number of sulfonamides is 1. The number of quaternary nitrogens is 1. The zero-order chi connectivity index (χ0) is 19.3. The van der Waals surface area contributed by atoms with E-state index in [1.54, 1.807) is 4.31 Å². The predicted octanol–water partition coefficient (Wildman–Crippen LogP) is 1.11. The van der Waals surface area contributed by atoms with Crippen molar-refractivity contribution in [2.75, 3.05) is 31.9 Å². The molecule has 1 aromatic rings. The second-order valence-corrected chi connectivity index (χ2v) is 11.2. The lowest BCUT2D eigenvalue weighted by molar-refractivity contribution is -0.917. The van der Waals surface area contributed by atoms with Crippen LogP contribution in [0.25, 0.3) is 0 Å². The zero-order valence-corrected chi connectivity index (χ0v) is 17.2. The number of hydrogen-bond donors (Lipinski definition) is 1. The van der Waals surface area contributed by atoms with Crippen molar-refractivity contribution in [2.45, 2.75) is 39.7 Å². The average molecular weight is 392 g/mol. The molecule has 148 valence electrons. The maximum Gasteiger partial charge on any atom is 0.215 e. The van der Waals surface area contributed by atoms with E-state index in [0.717, 1.165) is 32.5 Å². The smallest absolute Gasteiger partial charge is 0.215 e. The van der Waals surface area contributed by atoms with Gasteiger partial charge in [-0.05, 0) is 24.2 Å². The quantitative estimate of drug-likeness (QED) is 0.818. The molecule has 5 nitrogen and oxygen atoms in total. The number of fused-ring (bicyclic) bond motifs is 2. The second-order valence-electron chi connectivity index (χ2n) is 9.23. The fraction of sp³-hybridized carbons (Fsp3) is 0.667. The molecule has 2 bridgehead atoms. The summed E-state index contributed by atoms with van der Waals surface area (Å²) in [4.78, 5) is 14.1. The van der Waals surface area contributed by atoms with Crippen molar-refractivity contribution in [1.29, 1.82) is 0 Å². The van der Waals surface area contributed by atoms with Crippen LogP contribution >= 0.6 is 0 Å². The fourth-order valence-corrected chi connectivity index (χ4v) is 7.87. The van der Waals surface area contributed by atoms with E-state index >= 15 is 0 Å². The number of Topliss-reactive ketones (excluding diaryl/α,β-unsaturated/α-hetero) is 1. The van der Waals surface area contributed by atoms with Crippen LogP contribution in [0.4, 0.5) is 0 Å². The molecule has 2 saturated carbocycles. The van der Waals surface area contributed by atoms with Gasteiger partial charge < -0.3 is 4.90 Å². The molecule has 0 spiro atoms. The summed E-state index contributed by atoms with van der Waals surface area (Å²) in [6.07, 6.45) is 2.29. The van der Waals surface area contributed by atoms with Crippen molar-refractivity contribution >= 4 is 15.8 Å². The van der Waals surface area contributed by atoms with E-state index in [2.05, 4.69) is 26.0 Å². The van der Waals surface area contributed by atoms with Gasteiger partial charge in [-0.2, -0.15) is 4.31 Å². The van der Waals surface area contributed by atoms with Crippen LogP contribution in [0, 0.1) is 16.7 Å². The summed E-state index contributed by atoms with van der Waals surface area (Å²) in [7, 11) is -3.41. The molecule has 1 N–H and O–H groups in total. The lowest BCUT2D eigenvalue weighted by Crippen LogP contribution is -3.13. The molecule has 4 rings (SSSR count). The Bertz CT molecular complexity index is 813. The van der Waals surface area contributed by atoms with Crippen LogP contribution in [0.3, 0.4) is 0 Å². The number of piperazine rings is 1. The first-order chi connectivity index (χ1) is 12.7. The van der Waals surface area contributed by atoms with E-state index in [9.17, 15) is 13.2 Å². The maximum atomic E-state index is 13.2. The topological polar surface area (TPSA) is 58.9 Å². The largest absolute Gasteiger partial charge is 0.329 e. The third-order valence-electron chi connectivity index (χ3n) is 7.69. The highest BCUT2D eigenvalue weighted by Gasteiger charge is 2.65. The number of benzene rings is 1. The number of carbonyl (C=O) groups is 1. The van der Waals surface area contributed by atoms with Gasteiger partial charge in [0.1, 0.15) is 12.3 Å². The van der Waals surface area contributed by atoms with Gasteiger partial charge >= 0.3 is 0 Å². The Morgan fingerprint density at radius 1 is 1.15 bits per heavy atom. The molecule has 27 heavy (non-hydrogen) atoms. The van der Waals surface area contributed by atoms with Gasteiger partial charge in [-0.15, -0.1) is 0 Å². The third kappa shape index (κ3) is 3.15. The van der Waals surface area contributed by atoms with E-state index in [1.165, 1.54) is 10.5 Å². The summed E-state index contributed by atoms with van der Waals surface area (Å²) in [5.74, 6) is 0.545. The summed E-state index contributed by atoms with van der Waals surface area (Å²) >= 11 is 0. The van der Waals surface area contributed by atoms with E-state index < -0.39 is 15.4 Å². The Morgan fingerprint density at radius 3 is 2.37 bits per heavy atom. The average Bonchev–Trinajstić information content (AvgIpc) is 2.97. The minimum Gasteiger partial charge on any atom is -0.329 e. The summed E-state index contributed by atoms with van der Waals surface area (Å²) in [5, 5.41) is 0. The molecule has 1 heterocycles. The third-order valence-corrected chi connectivity index (χ3v) is 9.70. The van der Waals surface area contributed by atoms with Crippen molar-refractivity contribution in [1.82, 2.24) is 4.31 Å². The van der Waals surface area contributed by atoms with Crippen molar-refractivity contribution in [2.24, 2.45) is 16.7 Å². The highest BCUT2D eigenvalue weighted by Crippen LogP contribution is 2.64. The Morgan fingerprint density at radius 2 is 1.81 bits per heavy atom. The monoisotopic (exact) mass is 391 g/mol. The van der Waals surface area contributed by atoms with Crippen LogP contribution in [-0.2, 0) is 21.4 Å². The lowest BCUT2D eigenvalue weighted by Gasteiger charge is -2.39. The number of ketones is 1. The number of rotatable bonds is 5. The minimum absolute atomic E-state index is 0.0103. The molecule has 6 heteroatoms. The summed E-state index contributed by atoms with van der Waals surface area (Å²) in [6.45, 7) is 7.89. The first kappa shape index (κ1) is 19.1. The van der Waals surface area contributed by atoms with Crippen LogP contribution < -0.4 is 4.90 Å². The van der Waals surface area contributed by atoms with Crippen molar-refractivity contribution in [3.8, 4) is 0 Å². The van der Waals surface area contributed by atoms with E-state index in [0.29, 0.717) is 25.4 Å². The van der Waals surface area contributed by atoms with E-state index in [4.69, 9.17) is 0 Å². The van der Waals surface area contributed by atoms with Gasteiger partial charge in [-0.25, -0.2) is 8.42 Å². The van der Waals surface area contributed by atoms with Crippen LogP contribution in [0.15, 0.2) is 30.3 Å². The molecule has 3 fully saturated rings. The Labute approximate surface area is 162 Å². The van der Waals surface area contributed by atoms with Gasteiger partial charge in [0.05, 0.1) is 31.9 Å². The lowest BCUT2D eigenvalue weighted by atomic mass is 9.70. The Hall–Kier alpha value is -1.24. The first-order valence-electron chi connectivity index (χ1n) is 10.1. The molecule has 1 aliphatic heterocycles. The van der Waals surface area contributed by atoms with E-state index in [1.807, 2.05) is 18.2 Å². The molecule has 1 aromatic carbocycles. The van der Waals surface area contributed by atoms with E-state index in [-0.39, 0.29) is 17.0 Å². The number of nitrogens with one attached hydrogen (secondary N) is 1. The highest BCUT2D eigenvalue weighted by molar-refractivity contribution is 7.89. The summed E-state index contributed by atoms with van der Waals surface area (Å²) in [6, 6.07) is 10.4. The van der Waals surface area contributed by atoms with Crippen molar-refractivity contribution < 1.29 is 18.1 Å². The molecule has 2 aliphatic carbocycles. The molecule has 2 atom stereocenters. The fourth-order valence-electron chi connectivity index (χ4n) is 5.65. The SMILES string of the molecule is CC1(C)[C@@H]2CC[C@]1(CS(=O)(=O)N1CC[NH+](Cc3ccccc3)CC1)C(=O)C2. The van der Waals surface area contributed by atoms with Crippen LogP contribution in [-0.4, -0.2) is 50.4 Å². The molecule has 0 aromatic heterocycles. The molecule has 0 radical (unpaired) electrons. The Balaban J connectivity index is 1.41. The molecule has 0 amide bonds. The standard InChI is InChI=1S/C21H30N2O3S/c1-20(2)18-8-9-21(20,19(24)14-18)16-27(25,26)23-12-10-22(11-13-23)15-17-6-4-3-5-7-17/h3-7,18H,8-16H2,1-2H3/p+1/t18-,21+/m1/s1. The molecule has 3 aliphatic rings. The van der Waals surface area contributed by atoms with Gasteiger partial charge in [0.25, 0.3) is 0 Å². The van der Waals surface area contributed by atoms with Gasteiger partial charge in [0, 0.05) is 17.4 Å². The van der Waals surface area contributed by atoms with Crippen LogP contribution in [0.1, 0.15) is 38.7 Å². The summed E-state index contributed by atoms with van der Waals surface area (Å²) < 4.78 is 28.0. The first-order valence-corrected chi connectivity index (χ1v) is 11.7. The van der Waals surface area contributed by atoms with Gasteiger partial charge in [0.2, 0.25) is 10.0 Å². The zero-order valence-electron chi connectivity index (χ0n) is 16.4. The molecular formula is C21H31N2O3S+.